The smallest absolute Gasteiger partial charge is 0.226 e. The first-order valence-corrected chi connectivity index (χ1v) is 7.00. The van der Waals surface area contributed by atoms with Gasteiger partial charge in [-0.3, -0.25) is 10.00 Å². The maximum absolute atomic E-state index is 5.89. The zero-order valence-corrected chi connectivity index (χ0v) is 11.6. The van der Waals surface area contributed by atoms with Gasteiger partial charge in [0.05, 0.1) is 11.6 Å². The standard InChI is InChI=1S/C12H17ClN6/c1-2-19(8-3-4-8)6-5-14-10-9-7-15-18-11(9)17-12(13)16-10/h7-8H,2-6H2,1H3,(H2,14,15,16,17,18). The molecule has 0 radical (unpaired) electrons. The Morgan fingerprint density at radius 2 is 2.32 bits per heavy atom. The molecule has 19 heavy (non-hydrogen) atoms. The highest BCUT2D eigenvalue weighted by atomic mass is 35.5. The third kappa shape index (κ3) is 2.79. The number of nitrogens with one attached hydrogen (secondary N) is 2. The summed E-state index contributed by atoms with van der Waals surface area (Å²) in [5.41, 5.74) is 0.664. The van der Waals surface area contributed by atoms with Crippen LogP contribution in [0.4, 0.5) is 5.82 Å². The highest BCUT2D eigenvalue weighted by Gasteiger charge is 2.27. The monoisotopic (exact) mass is 280 g/mol. The van der Waals surface area contributed by atoms with Crippen LogP contribution in [0, 0.1) is 0 Å². The molecule has 102 valence electrons. The Kier molecular flexibility index (Phi) is 3.52. The molecule has 2 aromatic rings. The summed E-state index contributed by atoms with van der Waals surface area (Å²) in [6.45, 7) is 5.16. The highest BCUT2D eigenvalue weighted by molar-refractivity contribution is 6.28. The molecule has 7 heteroatoms. The van der Waals surface area contributed by atoms with Crippen molar-refractivity contribution in [2.45, 2.75) is 25.8 Å². The molecule has 2 N–H and O–H groups in total. The summed E-state index contributed by atoms with van der Waals surface area (Å²) in [6, 6.07) is 0.787. The van der Waals surface area contributed by atoms with E-state index in [0.717, 1.165) is 36.9 Å². The van der Waals surface area contributed by atoms with Gasteiger partial charge in [0.15, 0.2) is 5.65 Å². The van der Waals surface area contributed by atoms with Crippen molar-refractivity contribution in [1.82, 2.24) is 25.1 Å². The van der Waals surface area contributed by atoms with Gasteiger partial charge in [0.2, 0.25) is 5.28 Å². The first kappa shape index (κ1) is 12.6. The highest BCUT2D eigenvalue weighted by Crippen LogP contribution is 2.26. The minimum atomic E-state index is 0.230. The van der Waals surface area contributed by atoms with Crippen molar-refractivity contribution in [3.63, 3.8) is 0 Å². The molecule has 0 amide bonds. The molecule has 3 rings (SSSR count). The third-order valence-electron chi connectivity index (χ3n) is 3.44. The molecule has 0 aliphatic heterocycles. The molecule has 1 aliphatic carbocycles. The van der Waals surface area contributed by atoms with Gasteiger partial charge >= 0.3 is 0 Å². The van der Waals surface area contributed by atoms with Crippen LogP contribution in [0.3, 0.4) is 0 Å². The first-order valence-electron chi connectivity index (χ1n) is 6.62. The summed E-state index contributed by atoms with van der Waals surface area (Å²) in [5, 5.41) is 11.2. The Morgan fingerprint density at radius 1 is 1.47 bits per heavy atom. The predicted molar refractivity (Wildman–Crippen MR) is 75.5 cm³/mol. The molecule has 0 bridgehead atoms. The number of aromatic amines is 1. The van der Waals surface area contributed by atoms with Crippen LogP contribution in [-0.4, -0.2) is 50.7 Å². The summed E-state index contributed by atoms with van der Waals surface area (Å²) in [4.78, 5) is 10.8. The number of H-pyrrole nitrogens is 1. The Hall–Kier alpha value is -1.40. The molecule has 1 aliphatic rings. The second kappa shape index (κ2) is 5.30. The minimum Gasteiger partial charge on any atom is -0.368 e. The Morgan fingerprint density at radius 3 is 3.05 bits per heavy atom. The van der Waals surface area contributed by atoms with Gasteiger partial charge in [-0.25, -0.2) is 0 Å². The van der Waals surface area contributed by atoms with E-state index in [1.165, 1.54) is 12.8 Å². The lowest BCUT2D eigenvalue weighted by Gasteiger charge is -2.19. The van der Waals surface area contributed by atoms with Gasteiger partial charge in [-0.15, -0.1) is 0 Å². The molecule has 2 aromatic heterocycles. The lowest BCUT2D eigenvalue weighted by Crippen LogP contribution is -2.31. The van der Waals surface area contributed by atoms with Crippen LogP contribution in [0.5, 0.6) is 0 Å². The fourth-order valence-corrected chi connectivity index (χ4v) is 2.47. The zero-order valence-electron chi connectivity index (χ0n) is 10.9. The normalized spacial score (nSPS) is 15.3. The van der Waals surface area contributed by atoms with E-state index >= 15 is 0 Å². The zero-order chi connectivity index (χ0) is 13.2. The molecule has 1 fully saturated rings. The maximum Gasteiger partial charge on any atom is 0.226 e. The lowest BCUT2D eigenvalue weighted by molar-refractivity contribution is 0.289. The Bertz CT molecular complexity index is 564. The second-order valence-electron chi connectivity index (χ2n) is 4.76. The van der Waals surface area contributed by atoms with Gasteiger partial charge in [-0.2, -0.15) is 15.1 Å². The van der Waals surface area contributed by atoms with Gasteiger partial charge in [0, 0.05) is 19.1 Å². The molecule has 1 saturated carbocycles. The molecule has 0 saturated heterocycles. The SMILES string of the molecule is CCN(CCNc1nc(Cl)nc2[nH]ncc12)C1CC1. The third-order valence-corrected chi connectivity index (χ3v) is 3.61. The van der Waals surface area contributed by atoms with Gasteiger partial charge in [0.25, 0.3) is 0 Å². The number of fused-ring (bicyclic) bond motifs is 1. The Labute approximate surface area is 116 Å². The molecular weight excluding hydrogens is 264 g/mol. The van der Waals surface area contributed by atoms with Crippen molar-refractivity contribution in [3.05, 3.63) is 11.5 Å². The number of anilines is 1. The van der Waals surface area contributed by atoms with Crippen molar-refractivity contribution in [1.29, 1.82) is 0 Å². The number of likely N-dealkylation sites (N-methyl/N-ethyl adjacent to an activating group) is 1. The number of hydrogen-bond acceptors (Lipinski definition) is 5. The number of halogens is 1. The van der Waals surface area contributed by atoms with E-state index in [4.69, 9.17) is 11.6 Å². The van der Waals surface area contributed by atoms with Crippen molar-refractivity contribution >= 4 is 28.5 Å². The average Bonchev–Trinajstić information content (AvgIpc) is 3.12. The van der Waals surface area contributed by atoms with Crippen molar-refractivity contribution in [2.75, 3.05) is 25.0 Å². The molecule has 0 atom stereocenters. The van der Waals surface area contributed by atoms with Gasteiger partial charge in [-0.05, 0) is 31.0 Å². The second-order valence-corrected chi connectivity index (χ2v) is 5.10. The quantitative estimate of drug-likeness (QED) is 0.791. The van der Waals surface area contributed by atoms with Crippen LogP contribution in [0.1, 0.15) is 19.8 Å². The number of rotatable bonds is 6. The predicted octanol–water partition coefficient (Wildman–Crippen LogP) is 1.90. The van der Waals surface area contributed by atoms with E-state index in [-0.39, 0.29) is 5.28 Å². The number of hydrogen-bond donors (Lipinski definition) is 2. The fraction of sp³-hybridized carbons (Fsp3) is 0.583. The molecule has 2 heterocycles. The molecule has 0 unspecified atom stereocenters. The van der Waals surface area contributed by atoms with Gasteiger partial charge in [-0.1, -0.05) is 6.92 Å². The van der Waals surface area contributed by atoms with Crippen LogP contribution in [0.15, 0.2) is 6.20 Å². The van der Waals surface area contributed by atoms with Gasteiger partial charge in [0.1, 0.15) is 5.82 Å². The molecule has 0 spiro atoms. The van der Waals surface area contributed by atoms with E-state index < -0.39 is 0 Å². The lowest BCUT2D eigenvalue weighted by atomic mass is 10.4. The molecule has 6 nitrogen and oxygen atoms in total. The first-order chi connectivity index (χ1) is 9.28. The van der Waals surface area contributed by atoms with E-state index in [2.05, 4.69) is 37.3 Å². The largest absolute Gasteiger partial charge is 0.368 e. The van der Waals surface area contributed by atoms with Crippen LogP contribution >= 0.6 is 11.6 Å². The van der Waals surface area contributed by atoms with Crippen molar-refractivity contribution in [2.24, 2.45) is 0 Å². The van der Waals surface area contributed by atoms with Crippen LogP contribution in [0.2, 0.25) is 5.28 Å². The summed E-state index contributed by atoms with van der Waals surface area (Å²) in [6.07, 6.45) is 4.38. The average molecular weight is 281 g/mol. The molecule has 0 aromatic carbocycles. The number of aromatic nitrogens is 4. The van der Waals surface area contributed by atoms with Gasteiger partial charge < -0.3 is 5.32 Å². The fourth-order valence-electron chi connectivity index (χ4n) is 2.30. The Balaban J connectivity index is 1.66. The molecular formula is C12H17ClN6. The van der Waals surface area contributed by atoms with Crippen LogP contribution in [-0.2, 0) is 0 Å². The number of nitrogens with zero attached hydrogens (tertiary/aromatic N) is 4. The summed E-state index contributed by atoms with van der Waals surface area (Å²) < 4.78 is 0. The van der Waals surface area contributed by atoms with E-state index in [1.807, 2.05) is 0 Å². The van der Waals surface area contributed by atoms with E-state index in [0.29, 0.717) is 5.65 Å². The van der Waals surface area contributed by atoms with E-state index in [1.54, 1.807) is 6.20 Å². The van der Waals surface area contributed by atoms with Crippen molar-refractivity contribution in [3.8, 4) is 0 Å². The summed E-state index contributed by atoms with van der Waals surface area (Å²) >= 11 is 5.89. The minimum absolute atomic E-state index is 0.230. The summed E-state index contributed by atoms with van der Waals surface area (Å²) in [7, 11) is 0. The van der Waals surface area contributed by atoms with Crippen LogP contribution in [0.25, 0.3) is 11.0 Å². The van der Waals surface area contributed by atoms with Crippen molar-refractivity contribution < 1.29 is 0 Å². The van der Waals surface area contributed by atoms with Crippen LogP contribution < -0.4 is 5.32 Å². The maximum atomic E-state index is 5.89. The topological polar surface area (TPSA) is 69.7 Å². The van der Waals surface area contributed by atoms with E-state index in [9.17, 15) is 0 Å². The summed E-state index contributed by atoms with van der Waals surface area (Å²) in [5.74, 6) is 0.746.